The summed E-state index contributed by atoms with van der Waals surface area (Å²) in [6.45, 7) is 8.07. The van der Waals surface area contributed by atoms with E-state index in [1.54, 1.807) is 24.3 Å². The molecule has 4 aromatic rings. The van der Waals surface area contributed by atoms with Crippen molar-refractivity contribution in [2.45, 2.75) is 102 Å². The number of nitrogens with zero attached hydrogens (tertiary/aromatic N) is 2. The normalized spacial score (nSPS) is 12.3. The number of halogens is 4. The molecule has 0 spiro atoms. The maximum Gasteiger partial charge on any atom is 4.00 e. The number of anilines is 2. The molecule has 0 saturated carbocycles. The average Bonchev–Trinajstić information content (AvgIpc) is 4.01. The summed E-state index contributed by atoms with van der Waals surface area (Å²) in [5.41, 5.74) is 1.49. The van der Waals surface area contributed by atoms with Gasteiger partial charge in [0.15, 0.2) is 0 Å². The van der Waals surface area contributed by atoms with Gasteiger partial charge in [-0.2, -0.15) is 12.2 Å². The Morgan fingerprint density at radius 3 is 1.15 bits per heavy atom. The summed E-state index contributed by atoms with van der Waals surface area (Å²) in [4.78, 5) is 0.162. The van der Waals surface area contributed by atoms with E-state index in [0.717, 1.165) is 95.4 Å². The third kappa shape index (κ3) is 17.6. The van der Waals surface area contributed by atoms with Crippen molar-refractivity contribution in [1.82, 2.24) is 0 Å². The van der Waals surface area contributed by atoms with Gasteiger partial charge in [-0.25, -0.2) is 58.7 Å². The maximum absolute atomic E-state index is 14.2. The van der Waals surface area contributed by atoms with E-state index >= 15 is 0 Å². The predicted molar refractivity (Wildman–Crippen MR) is 233 cm³/mol. The minimum atomic E-state index is -3.94. The Balaban J connectivity index is 0.000000335. The number of allylic oxidation sites excluding steroid dienone is 8. The van der Waals surface area contributed by atoms with Crippen LogP contribution in [0.2, 0.25) is 0 Å². The molecule has 0 fully saturated rings. The van der Waals surface area contributed by atoms with Gasteiger partial charge < -0.3 is 8.61 Å². The van der Waals surface area contributed by atoms with E-state index in [-0.39, 0.29) is 56.0 Å². The monoisotopic (exact) mass is 910 g/mol. The van der Waals surface area contributed by atoms with Crippen LogP contribution in [0.4, 0.5) is 28.9 Å². The zero-order valence-electron chi connectivity index (χ0n) is 35.2. The molecule has 2 aliphatic rings. The molecule has 6 rings (SSSR count). The molecule has 0 atom stereocenters. The fraction of sp³-hybridized carbons (Fsp3) is 0.333. The van der Waals surface area contributed by atoms with Gasteiger partial charge in [0.05, 0.1) is 9.79 Å². The Kier molecular flexibility index (Phi) is 24.0. The summed E-state index contributed by atoms with van der Waals surface area (Å²) in [7, 11) is -7.89. The Labute approximate surface area is 376 Å². The molecular formula is C48H54F4N2O4S2Ti. The molecule has 0 bridgehead atoms. The van der Waals surface area contributed by atoms with Crippen molar-refractivity contribution in [2.75, 3.05) is 21.7 Å². The molecule has 2 aliphatic carbocycles. The molecule has 0 radical (unpaired) electrons. The average molecular weight is 911 g/mol. The number of unbranched alkanes of at least 4 members (excludes halogenated alkanes) is 6. The first kappa shape index (κ1) is 52.9. The van der Waals surface area contributed by atoms with Crippen LogP contribution in [-0.2, 0) is 41.8 Å². The SMILES string of the molecule is CCCCCCN(c1ccc(F)[c-]c1F)S(=O)(=O)c1ccc(C)cc1.CCCCCCN(c1ccc(F)[c-]c1F)S(=O)(=O)c1ccc(C)cc1.[C-]1=CC=CC1.[C-]1=CC=CC1.[Ti+4]. The number of rotatable bonds is 16. The summed E-state index contributed by atoms with van der Waals surface area (Å²) in [5.74, 6) is -3.74. The van der Waals surface area contributed by atoms with Crippen molar-refractivity contribution in [3.8, 4) is 0 Å². The predicted octanol–water partition coefficient (Wildman–Crippen LogP) is 12.3. The van der Waals surface area contributed by atoms with Crippen LogP contribution in [0, 0.1) is 61.4 Å². The van der Waals surface area contributed by atoms with Gasteiger partial charge in [0.25, 0.3) is 20.0 Å². The van der Waals surface area contributed by atoms with Crippen molar-refractivity contribution in [3.63, 3.8) is 0 Å². The number of sulfonamides is 2. The van der Waals surface area contributed by atoms with Crippen molar-refractivity contribution in [1.29, 1.82) is 0 Å². The summed E-state index contributed by atoms with van der Waals surface area (Å²) in [5, 5.41) is 0. The van der Waals surface area contributed by atoms with E-state index in [9.17, 15) is 34.4 Å². The van der Waals surface area contributed by atoms with Crippen LogP contribution < -0.4 is 8.61 Å². The van der Waals surface area contributed by atoms with Crippen molar-refractivity contribution in [2.24, 2.45) is 0 Å². The third-order valence-corrected chi connectivity index (χ3v) is 12.7. The molecule has 6 nitrogen and oxygen atoms in total. The second kappa shape index (κ2) is 27.7. The number of aryl methyl sites for hydroxylation is 2. The van der Waals surface area contributed by atoms with Gasteiger partial charge >= 0.3 is 21.7 Å². The summed E-state index contributed by atoms with van der Waals surface area (Å²) < 4.78 is 109. The third-order valence-electron chi connectivity index (χ3n) is 9.04. The van der Waals surface area contributed by atoms with Crippen molar-refractivity contribution >= 4 is 31.4 Å². The van der Waals surface area contributed by atoms with Gasteiger partial charge in [0.2, 0.25) is 0 Å². The molecule has 4 aromatic carbocycles. The Bertz CT molecular complexity index is 2080. The van der Waals surface area contributed by atoms with E-state index in [1.807, 2.05) is 50.3 Å². The van der Waals surface area contributed by atoms with E-state index in [2.05, 4.69) is 38.2 Å². The molecule has 0 amide bonds. The largest absolute Gasteiger partial charge is 4.00 e. The smallest absolute Gasteiger partial charge is 0.317 e. The number of hydrogen-bond acceptors (Lipinski definition) is 4. The quantitative estimate of drug-likeness (QED) is 0.0486. The van der Waals surface area contributed by atoms with Gasteiger partial charge in [0.1, 0.15) is 0 Å². The Hall–Kier alpha value is -4.23. The van der Waals surface area contributed by atoms with Gasteiger partial charge in [-0.15, -0.1) is 49.2 Å². The van der Waals surface area contributed by atoms with Gasteiger partial charge in [-0.05, 0) is 62.3 Å². The molecule has 0 heterocycles. The van der Waals surface area contributed by atoms with E-state index < -0.39 is 43.3 Å². The van der Waals surface area contributed by atoms with Crippen LogP contribution in [0.3, 0.4) is 0 Å². The zero-order chi connectivity index (χ0) is 44.0. The first-order chi connectivity index (χ1) is 28.7. The Morgan fingerprint density at radius 1 is 0.525 bits per heavy atom. The molecular weight excluding hydrogens is 857 g/mol. The fourth-order valence-corrected chi connectivity index (χ4v) is 8.72. The molecule has 61 heavy (non-hydrogen) atoms. The van der Waals surface area contributed by atoms with Crippen LogP contribution in [0.15, 0.2) is 119 Å². The number of hydrogen-bond donors (Lipinski definition) is 0. The summed E-state index contributed by atoms with van der Waals surface area (Å²) >= 11 is 0. The van der Waals surface area contributed by atoms with Gasteiger partial charge in [0, 0.05) is 36.4 Å². The van der Waals surface area contributed by atoms with Gasteiger partial charge in [-0.1, -0.05) is 87.8 Å². The second-order valence-corrected chi connectivity index (χ2v) is 17.6. The minimum Gasteiger partial charge on any atom is -0.317 e. The van der Waals surface area contributed by atoms with Crippen LogP contribution in [0.25, 0.3) is 0 Å². The molecule has 0 N–H and O–H groups in total. The molecule has 0 aliphatic heterocycles. The van der Waals surface area contributed by atoms with Crippen LogP contribution in [0.1, 0.15) is 89.2 Å². The minimum absolute atomic E-state index is 0. The van der Waals surface area contributed by atoms with E-state index in [4.69, 9.17) is 0 Å². The number of benzene rings is 4. The molecule has 324 valence electrons. The maximum atomic E-state index is 14.2. The first-order valence-corrected chi connectivity index (χ1v) is 23.0. The van der Waals surface area contributed by atoms with Crippen LogP contribution in [-0.4, -0.2) is 29.9 Å². The van der Waals surface area contributed by atoms with Crippen molar-refractivity contribution < 1.29 is 56.1 Å². The molecule has 0 saturated heterocycles. The zero-order valence-corrected chi connectivity index (χ0v) is 38.4. The van der Waals surface area contributed by atoms with E-state index in [0.29, 0.717) is 12.8 Å². The van der Waals surface area contributed by atoms with Crippen LogP contribution in [0.5, 0.6) is 0 Å². The standard InChI is InChI=1S/2C19H22F2NO2S.2C5H5.Ti/c2*1-3-4-5-6-13-22(19-12-9-16(20)14-18(19)21)25(23,24)17-10-7-15(2)8-11-17;2*1-2-4-5-3-1;/h2*7-12H,3-6,13H2,1-2H3;2*1-3H,4H2;/q4*-1;+4. The summed E-state index contributed by atoms with van der Waals surface area (Å²) in [6, 6.07) is 20.9. The van der Waals surface area contributed by atoms with Crippen molar-refractivity contribution in [3.05, 3.63) is 168 Å². The Morgan fingerprint density at radius 2 is 0.885 bits per heavy atom. The molecule has 13 heteroatoms. The fourth-order valence-electron chi connectivity index (χ4n) is 5.72. The molecule has 0 aromatic heterocycles. The summed E-state index contributed by atoms with van der Waals surface area (Å²) in [6.07, 6.45) is 26.8. The van der Waals surface area contributed by atoms with Gasteiger partial charge in [-0.3, -0.25) is 12.2 Å². The molecule has 0 unspecified atom stereocenters. The van der Waals surface area contributed by atoms with Crippen LogP contribution >= 0.6 is 0 Å². The topological polar surface area (TPSA) is 74.8 Å². The van der Waals surface area contributed by atoms with E-state index in [1.165, 1.54) is 24.3 Å². The first-order valence-electron chi connectivity index (χ1n) is 20.1. The second-order valence-electron chi connectivity index (χ2n) is 13.9.